The van der Waals surface area contributed by atoms with Gasteiger partial charge in [0.1, 0.15) is 24.7 Å². The summed E-state index contributed by atoms with van der Waals surface area (Å²) in [5.74, 6) is -0.628. The highest BCUT2D eigenvalue weighted by Gasteiger charge is 2.26. The van der Waals surface area contributed by atoms with E-state index in [4.69, 9.17) is 28.4 Å². The van der Waals surface area contributed by atoms with Crippen LogP contribution in [0.4, 0.5) is 11.4 Å². The highest BCUT2D eigenvalue weighted by molar-refractivity contribution is 5.96. The standard InChI is InChI=1S/C26H32N4O8/c1-19-23(25(31)29-21-3-7-27-8-4-21)37-17-13-34-12-16-36-20(2)24(38-18-14-33-11-15-35-19)26(32)30-22-5-9-28-10-6-22/h3-10,23-24H,1-2,11-18H2,(H,27,29,31)(H,28,30,32). The summed E-state index contributed by atoms with van der Waals surface area (Å²) in [4.78, 5) is 33.4. The Labute approximate surface area is 220 Å². The van der Waals surface area contributed by atoms with Crippen LogP contribution < -0.4 is 10.6 Å². The summed E-state index contributed by atoms with van der Waals surface area (Å²) in [6.07, 6.45) is 4.12. The quantitative estimate of drug-likeness (QED) is 0.605. The van der Waals surface area contributed by atoms with Crippen LogP contribution in [0.2, 0.25) is 0 Å². The molecule has 3 heterocycles. The molecule has 1 fully saturated rings. The van der Waals surface area contributed by atoms with Gasteiger partial charge in [-0.05, 0) is 24.3 Å². The van der Waals surface area contributed by atoms with Crippen molar-refractivity contribution in [2.45, 2.75) is 12.2 Å². The van der Waals surface area contributed by atoms with Crippen molar-refractivity contribution in [3.05, 3.63) is 73.7 Å². The first-order valence-electron chi connectivity index (χ1n) is 12.0. The molecule has 12 nitrogen and oxygen atoms in total. The maximum atomic E-state index is 12.8. The number of aromatic nitrogens is 2. The monoisotopic (exact) mass is 528 g/mol. The number of hydrogen-bond donors (Lipinski definition) is 2. The molecule has 2 N–H and O–H groups in total. The summed E-state index contributed by atoms with van der Waals surface area (Å²) >= 11 is 0. The van der Waals surface area contributed by atoms with Crippen molar-refractivity contribution in [3.8, 4) is 0 Å². The normalized spacial score (nSPS) is 20.6. The van der Waals surface area contributed by atoms with Crippen LogP contribution >= 0.6 is 0 Å². The predicted octanol–water partition coefficient (Wildman–Crippen LogP) is 1.93. The largest absolute Gasteiger partial charge is 0.493 e. The second-order valence-corrected chi connectivity index (χ2v) is 7.81. The number of ether oxygens (including phenoxy) is 6. The lowest BCUT2D eigenvalue weighted by Crippen LogP contribution is -2.35. The second-order valence-electron chi connectivity index (χ2n) is 7.81. The average molecular weight is 529 g/mol. The summed E-state index contributed by atoms with van der Waals surface area (Å²) in [6, 6.07) is 6.62. The van der Waals surface area contributed by atoms with Gasteiger partial charge >= 0.3 is 0 Å². The number of carbonyl (C=O) groups excluding carboxylic acids is 2. The van der Waals surface area contributed by atoms with Gasteiger partial charge < -0.3 is 39.1 Å². The highest BCUT2D eigenvalue weighted by Crippen LogP contribution is 2.14. The summed E-state index contributed by atoms with van der Waals surface area (Å²) in [7, 11) is 0. The van der Waals surface area contributed by atoms with Crippen LogP contribution in [0.3, 0.4) is 0 Å². The predicted molar refractivity (Wildman–Crippen MR) is 137 cm³/mol. The Morgan fingerprint density at radius 1 is 0.632 bits per heavy atom. The Bertz CT molecular complexity index is 955. The lowest BCUT2D eigenvalue weighted by Gasteiger charge is -2.22. The zero-order valence-corrected chi connectivity index (χ0v) is 21.0. The van der Waals surface area contributed by atoms with E-state index in [0.29, 0.717) is 11.4 Å². The molecule has 3 rings (SSSR count). The molecular formula is C26H32N4O8. The Morgan fingerprint density at radius 2 is 1.00 bits per heavy atom. The van der Waals surface area contributed by atoms with Crippen molar-refractivity contribution in [1.82, 2.24) is 9.97 Å². The zero-order valence-electron chi connectivity index (χ0n) is 21.0. The molecule has 38 heavy (non-hydrogen) atoms. The molecule has 0 saturated carbocycles. The molecule has 0 aromatic carbocycles. The molecule has 1 saturated heterocycles. The average Bonchev–Trinajstić information content (AvgIpc) is 2.92. The maximum absolute atomic E-state index is 12.8. The summed E-state index contributed by atoms with van der Waals surface area (Å²) < 4.78 is 33.7. The Kier molecular flexibility index (Phi) is 12.2. The van der Waals surface area contributed by atoms with Crippen LogP contribution in [0.15, 0.2) is 73.7 Å². The van der Waals surface area contributed by atoms with Crippen molar-refractivity contribution < 1.29 is 38.0 Å². The fourth-order valence-corrected chi connectivity index (χ4v) is 3.18. The Hall–Kier alpha value is -3.84. The molecule has 2 aromatic heterocycles. The van der Waals surface area contributed by atoms with Gasteiger partial charge in [0.25, 0.3) is 11.8 Å². The van der Waals surface area contributed by atoms with E-state index in [-0.39, 0.29) is 64.4 Å². The molecule has 1 aliphatic heterocycles. The van der Waals surface area contributed by atoms with Crippen molar-refractivity contribution in [2.24, 2.45) is 0 Å². The molecule has 2 amide bonds. The molecule has 2 aromatic rings. The first kappa shape index (κ1) is 28.7. The smallest absolute Gasteiger partial charge is 0.261 e. The first-order chi connectivity index (χ1) is 18.5. The van der Waals surface area contributed by atoms with Gasteiger partial charge in [0.15, 0.2) is 12.2 Å². The van der Waals surface area contributed by atoms with Crippen LogP contribution in [0.25, 0.3) is 0 Å². The van der Waals surface area contributed by atoms with Gasteiger partial charge in [-0.2, -0.15) is 0 Å². The molecule has 0 spiro atoms. The summed E-state index contributed by atoms with van der Waals surface area (Å²) in [6.45, 7) is 8.84. The van der Waals surface area contributed by atoms with Gasteiger partial charge in [0, 0.05) is 36.2 Å². The number of nitrogens with one attached hydrogen (secondary N) is 2. The van der Waals surface area contributed by atoms with Gasteiger partial charge in [-0.15, -0.1) is 0 Å². The van der Waals surface area contributed by atoms with E-state index < -0.39 is 24.0 Å². The van der Waals surface area contributed by atoms with Gasteiger partial charge in [-0.3, -0.25) is 19.6 Å². The molecule has 204 valence electrons. The number of pyridine rings is 2. The number of nitrogens with zero attached hydrogens (tertiary/aromatic N) is 2. The zero-order chi connectivity index (χ0) is 27.0. The molecule has 0 aliphatic carbocycles. The summed E-state index contributed by atoms with van der Waals surface area (Å²) in [5.41, 5.74) is 1.12. The minimum Gasteiger partial charge on any atom is -0.493 e. The molecule has 0 radical (unpaired) electrons. The maximum Gasteiger partial charge on any atom is 0.261 e. The number of carbonyl (C=O) groups is 2. The van der Waals surface area contributed by atoms with Crippen molar-refractivity contribution in [2.75, 3.05) is 63.5 Å². The fraction of sp³-hybridized carbons (Fsp3) is 0.385. The van der Waals surface area contributed by atoms with E-state index >= 15 is 0 Å². The molecule has 2 atom stereocenters. The lowest BCUT2D eigenvalue weighted by molar-refractivity contribution is -0.131. The third-order valence-electron chi connectivity index (χ3n) is 5.01. The topological polar surface area (TPSA) is 139 Å². The van der Waals surface area contributed by atoms with Gasteiger partial charge in [0.2, 0.25) is 0 Å². The van der Waals surface area contributed by atoms with E-state index in [9.17, 15) is 9.59 Å². The number of rotatable bonds is 4. The highest BCUT2D eigenvalue weighted by atomic mass is 16.6. The summed E-state index contributed by atoms with van der Waals surface area (Å²) in [5, 5.41) is 5.49. The van der Waals surface area contributed by atoms with Crippen molar-refractivity contribution in [1.29, 1.82) is 0 Å². The van der Waals surface area contributed by atoms with Gasteiger partial charge in [0.05, 0.1) is 39.6 Å². The number of anilines is 2. The van der Waals surface area contributed by atoms with Crippen LogP contribution in [0.5, 0.6) is 0 Å². The van der Waals surface area contributed by atoms with Crippen LogP contribution in [0.1, 0.15) is 0 Å². The SMILES string of the molecule is C=C1OCCOCCOC(C(=O)Nc2ccncc2)C(=C)OCCOCCOC1C(=O)Nc1ccncc1. The first-order valence-corrected chi connectivity index (χ1v) is 12.0. The lowest BCUT2D eigenvalue weighted by atomic mass is 10.2. The van der Waals surface area contributed by atoms with E-state index in [0.717, 1.165) is 0 Å². The van der Waals surface area contributed by atoms with Crippen LogP contribution in [0, 0.1) is 0 Å². The minimum absolute atomic E-state index is 0.0916. The van der Waals surface area contributed by atoms with Crippen molar-refractivity contribution >= 4 is 23.2 Å². The van der Waals surface area contributed by atoms with E-state index in [1.54, 1.807) is 49.1 Å². The molecule has 12 heteroatoms. The molecule has 1 aliphatic rings. The van der Waals surface area contributed by atoms with E-state index in [1.165, 1.54) is 0 Å². The van der Waals surface area contributed by atoms with Crippen LogP contribution in [-0.4, -0.2) is 86.8 Å². The molecule has 0 bridgehead atoms. The Morgan fingerprint density at radius 3 is 1.39 bits per heavy atom. The van der Waals surface area contributed by atoms with E-state index in [1.807, 2.05) is 0 Å². The Balaban J connectivity index is 1.54. The molecule has 2 unspecified atom stereocenters. The minimum atomic E-state index is -1.07. The number of amides is 2. The van der Waals surface area contributed by atoms with Crippen LogP contribution in [-0.2, 0) is 38.0 Å². The number of hydrogen-bond acceptors (Lipinski definition) is 10. The third kappa shape index (κ3) is 9.90. The third-order valence-corrected chi connectivity index (χ3v) is 5.01. The van der Waals surface area contributed by atoms with Crippen molar-refractivity contribution in [3.63, 3.8) is 0 Å². The fourth-order valence-electron chi connectivity index (χ4n) is 3.18. The second kappa shape index (κ2) is 16.1. The van der Waals surface area contributed by atoms with E-state index in [2.05, 4.69) is 33.8 Å². The molecular weight excluding hydrogens is 496 g/mol. The van der Waals surface area contributed by atoms with Gasteiger partial charge in [-0.1, -0.05) is 13.2 Å². The van der Waals surface area contributed by atoms with Gasteiger partial charge in [-0.25, -0.2) is 0 Å².